The maximum atomic E-state index is 12.5. The summed E-state index contributed by atoms with van der Waals surface area (Å²) in [6, 6.07) is 2.39. The first kappa shape index (κ1) is 18.5. The van der Waals surface area contributed by atoms with Gasteiger partial charge >= 0.3 is 0 Å². The number of carbonyl (C=O) groups is 1. The fourth-order valence-electron chi connectivity index (χ4n) is 3.50. The zero-order chi connectivity index (χ0) is 15.5. The van der Waals surface area contributed by atoms with Crippen LogP contribution in [0.5, 0.6) is 0 Å². The van der Waals surface area contributed by atoms with Crippen LogP contribution >= 0.6 is 23.7 Å². The van der Waals surface area contributed by atoms with Crippen LogP contribution in [-0.2, 0) is 4.74 Å². The van der Waals surface area contributed by atoms with Crippen molar-refractivity contribution in [1.82, 2.24) is 9.80 Å². The molecule has 5 nitrogen and oxygen atoms in total. The molecule has 0 aliphatic carbocycles. The molecule has 2 aliphatic rings. The third kappa shape index (κ3) is 4.18. The summed E-state index contributed by atoms with van der Waals surface area (Å²) in [4.78, 5) is 17.7. The summed E-state index contributed by atoms with van der Waals surface area (Å²) in [6.45, 7) is 7.77. The van der Waals surface area contributed by atoms with Crippen molar-refractivity contribution in [3.63, 3.8) is 0 Å². The number of hydrogen-bond donors (Lipinski definition) is 1. The van der Waals surface area contributed by atoms with Gasteiger partial charge in [-0.05, 0) is 37.1 Å². The molecule has 1 amide bonds. The minimum atomic E-state index is 0. The van der Waals surface area contributed by atoms with Crippen LogP contribution in [0.4, 0.5) is 5.69 Å². The lowest BCUT2D eigenvalue weighted by Crippen LogP contribution is -2.49. The maximum Gasteiger partial charge on any atom is 0.266 e. The van der Waals surface area contributed by atoms with Crippen molar-refractivity contribution in [2.75, 3.05) is 45.1 Å². The number of rotatable bonds is 3. The summed E-state index contributed by atoms with van der Waals surface area (Å²) >= 11 is 1.44. The standard InChI is InChI=1S/C16H25N3O2S.ClH/c1-12(18-7-9-21-10-8-18)13-2-5-19(6-3-13)16(20)15-14(17)4-11-22-15;/h4,11-13H,2-3,5-10,17H2,1H3;1H. The van der Waals surface area contributed by atoms with Gasteiger partial charge in [0, 0.05) is 32.2 Å². The average molecular weight is 360 g/mol. The molecule has 2 N–H and O–H groups in total. The van der Waals surface area contributed by atoms with Gasteiger partial charge in [-0.25, -0.2) is 0 Å². The fraction of sp³-hybridized carbons (Fsp3) is 0.688. The lowest BCUT2D eigenvalue weighted by atomic mass is 9.89. The number of halogens is 1. The molecule has 1 aromatic rings. The Morgan fingerprint density at radius 2 is 1.96 bits per heavy atom. The van der Waals surface area contributed by atoms with Gasteiger partial charge in [-0.3, -0.25) is 9.69 Å². The van der Waals surface area contributed by atoms with E-state index in [1.54, 1.807) is 0 Å². The Morgan fingerprint density at radius 3 is 2.52 bits per heavy atom. The third-order valence-corrected chi connectivity index (χ3v) is 5.94. The van der Waals surface area contributed by atoms with Gasteiger partial charge in [-0.2, -0.15) is 0 Å². The molecule has 2 aliphatic heterocycles. The Morgan fingerprint density at radius 1 is 1.30 bits per heavy atom. The average Bonchev–Trinajstić information content (AvgIpc) is 3.00. The van der Waals surface area contributed by atoms with Crippen molar-refractivity contribution >= 4 is 35.3 Å². The van der Waals surface area contributed by atoms with Crippen LogP contribution in [0.15, 0.2) is 11.4 Å². The molecular weight excluding hydrogens is 334 g/mol. The van der Waals surface area contributed by atoms with E-state index in [1.165, 1.54) is 11.3 Å². The first-order valence-corrected chi connectivity index (χ1v) is 8.99. The van der Waals surface area contributed by atoms with E-state index in [0.717, 1.165) is 52.2 Å². The Kier molecular flexibility index (Phi) is 6.71. The molecule has 1 aromatic heterocycles. The second-order valence-electron chi connectivity index (χ2n) is 6.22. The molecule has 0 radical (unpaired) electrons. The second-order valence-corrected chi connectivity index (χ2v) is 7.14. The Hall–Kier alpha value is -0.820. The predicted octanol–water partition coefficient (Wildman–Crippen LogP) is 2.33. The molecule has 0 saturated carbocycles. The lowest BCUT2D eigenvalue weighted by Gasteiger charge is -2.41. The largest absolute Gasteiger partial charge is 0.397 e. The quantitative estimate of drug-likeness (QED) is 0.899. The normalized spacial score (nSPS) is 21.7. The van der Waals surface area contributed by atoms with Gasteiger partial charge in [-0.15, -0.1) is 23.7 Å². The van der Waals surface area contributed by atoms with Crippen molar-refractivity contribution in [1.29, 1.82) is 0 Å². The number of carbonyl (C=O) groups excluding carboxylic acids is 1. The summed E-state index contributed by atoms with van der Waals surface area (Å²) in [5.74, 6) is 0.771. The topological polar surface area (TPSA) is 58.8 Å². The number of hydrogen-bond acceptors (Lipinski definition) is 5. The fourth-order valence-corrected chi connectivity index (χ4v) is 4.29. The van der Waals surface area contributed by atoms with Gasteiger partial charge in [0.05, 0.1) is 18.9 Å². The molecule has 2 fully saturated rings. The van der Waals surface area contributed by atoms with Gasteiger partial charge in [0.1, 0.15) is 4.88 Å². The molecule has 2 saturated heterocycles. The minimum absolute atomic E-state index is 0. The maximum absolute atomic E-state index is 12.5. The summed E-state index contributed by atoms with van der Waals surface area (Å²) in [7, 11) is 0. The number of anilines is 1. The number of morpholine rings is 1. The van der Waals surface area contributed by atoms with E-state index in [1.807, 2.05) is 16.3 Å². The number of thiophene rings is 1. The SMILES string of the molecule is CC(C1CCN(C(=O)c2sccc2N)CC1)N1CCOCC1.Cl. The van der Waals surface area contributed by atoms with Crippen LogP contribution in [0.3, 0.4) is 0 Å². The van der Waals surface area contributed by atoms with Crippen LogP contribution in [0.1, 0.15) is 29.4 Å². The van der Waals surface area contributed by atoms with Crippen LogP contribution in [0.25, 0.3) is 0 Å². The highest BCUT2D eigenvalue weighted by atomic mass is 35.5. The predicted molar refractivity (Wildman–Crippen MR) is 96.5 cm³/mol. The molecule has 0 bridgehead atoms. The number of amides is 1. The first-order valence-electron chi connectivity index (χ1n) is 8.11. The van der Waals surface area contributed by atoms with Crippen molar-refractivity contribution in [2.45, 2.75) is 25.8 Å². The van der Waals surface area contributed by atoms with Gasteiger partial charge < -0.3 is 15.4 Å². The number of nitrogens with zero attached hydrogens (tertiary/aromatic N) is 2. The van der Waals surface area contributed by atoms with Crippen LogP contribution in [0.2, 0.25) is 0 Å². The summed E-state index contributed by atoms with van der Waals surface area (Å²) in [6.07, 6.45) is 2.16. The highest BCUT2D eigenvalue weighted by Crippen LogP contribution is 2.27. The van der Waals surface area contributed by atoms with E-state index in [9.17, 15) is 4.79 Å². The van der Waals surface area contributed by atoms with E-state index >= 15 is 0 Å². The van der Waals surface area contributed by atoms with Gasteiger partial charge in [-0.1, -0.05) is 0 Å². The summed E-state index contributed by atoms with van der Waals surface area (Å²) in [5, 5.41) is 1.88. The monoisotopic (exact) mass is 359 g/mol. The number of ether oxygens (including phenoxy) is 1. The van der Waals surface area contributed by atoms with Crippen molar-refractivity contribution in [3.8, 4) is 0 Å². The molecule has 1 atom stereocenters. The molecule has 0 spiro atoms. The summed E-state index contributed by atoms with van der Waals surface area (Å²) in [5.41, 5.74) is 6.48. The van der Waals surface area contributed by atoms with E-state index in [2.05, 4.69) is 11.8 Å². The molecule has 3 rings (SSSR count). The number of piperidine rings is 1. The Balaban J connectivity index is 0.00000192. The highest BCUT2D eigenvalue weighted by molar-refractivity contribution is 7.12. The van der Waals surface area contributed by atoms with Crippen molar-refractivity contribution in [2.24, 2.45) is 5.92 Å². The molecule has 0 aromatic carbocycles. The van der Waals surface area contributed by atoms with Crippen molar-refractivity contribution < 1.29 is 9.53 Å². The number of nitrogen functional groups attached to an aromatic ring is 1. The number of likely N-dealkylation sites (tertiary alicyclic amines) is 1. The van der Waals surface area contributed by atoms with Crippen LogP contribution in [-0.4, -0.2) is 61.1 Å². The zero-order valence-corrected chi connectivity index (χ0v) is 15.2. The van der Waals surface area contributed by atoms with Crippen molar-refractivity contribution in [3.05, 3.63) is 16.3 Å². The zero-order valence-electron chi connectivity index (χ0n) is 13.6. The summed E-state index contributed by atoms with van der Waals surface area (Å²) < 4.78 is 5.43. The minimum Gasteiger partial charge on any atom is -0.397 e. The molecule has 7 heteroatoms. The van der Waals surface area contributed by atoms with Gasteiger partial charge in [0.2, 0.25) is 0 Å². The molecule has 130 valence electrons. The lowest BCUT2D eigenvalue weighted by molar-refractivity contribution is -0.000914. The van der Waals surface area contributed by atoms with E-state index in [4.69, 9.17) is 10.5 Å². The molecule has 23 heavy (non-hydrogen) atoms. The molecule has 1 unspecified atom stereocenters. The van der Waals surface area contributed by atoms with E-state index < -0.39 is 0 Å². The van der Waals surface area contributed by atoms with Gasteiger partial charge in [0.15, 0.2) is 0 Å². The van der Waals surface area contributed by atoms with E-state index in [-0.39, 0.29) is 18.3 Å². The van der Waals surface area contributed by atoms with E-state index in [0.29, 0.717) is 22.5 Å². The first-order chi connectivity index (χ1) is 10.7. The highest BCUT2D eigenvalue weighted by Gasteiger charge is 2.30. The van der Waals surface area contributed by atoms with Gasteiger partial charge in [0.25, 0.3) is 5.91 Å². The Labute approximate surface area is 148 Å². The third-order valence-electron chi connectivity index (χ3n) is 5.02. The molecule has 3 heterocycles. The smallest absolute Gasteiger partial charge is 0.266 e. The Bertz CT molecular complexity index is 511. The molecular formula is C16H26ClN3O2S. The van der Waals surface area contributed by atoms with Crippen LogP contribution < -0.4 is 5.73 Å². The van der Waals surface area contributed by atoms with Crippen LogP contribution in [0, 0.1) is 5.92 Å². The number of nitrogens with two attached hydrogens (primary N) is 1. The second kappa shape index (κ2) is 8.33.